The van der Waals surface area contributed by atoms with Crippen LogP contribution in [0.3, 0.4) is 0 Å². The van der Waals surface area contributed by atoms with Crippen molar-refractivity contribution in [1.82, 2.24) is 19.5 Å². The van der Waals surface area contributed by atoms with Crippen LogP contribution in [0.25, 0.3) is 33.5 Å². The van der Waals surface area contributed by atoms with Gasteiger partial charge in [-0.05, 0) is 37.1 Å². The van der Waals surface area contributed by atoms with E-state index in [9.17, 15) is 17.2 Å². The van der Waals surface area contributed by atoms with Gasteiger partial charge in [0.1, 0.15) is 17.5 Å². The summed E-state index contributed by atoms with van der Waals surface area (Å²) < 4.78 is 58.1. The van der Waals surface area contributed by atoms with Crippen molar-refractivity contribution in [3.05, 3.63) is 53.9 Å². The second kappa shape index (κ2) is 8.01. The van der Waals surface area contributed by atoms with Gasteiger partial charge in [0.15, 0.2) is 0 Å². The zero-order chi connectivity index (χ0) is 23.2. The number of aromatic nitrogens is 4. The van der Waals surface area contributed by atoms with Gasteiger partial charge in [0, 0.05) is 23.7 Å². The molecule has 0 atom stereocenters. The van der Waals surface area contributed by atoms with Gasteiger partial charge in [0.2, 0.25) is 0 Å². The number of benzene rings is 2. The van der Waals surface area contributed by atoms with Gasteiger partial charge in [-0.2, -0.15) is 13.4 Å². The first-order valence-electron chi connectivity index (χ1n) is 9.94. The minimum Gasteiger partial charge on any atom is -0.345 e. The van der Waals surface area contributed by atoms with Crippen molar-refractivity contribution in [2.75, 3.05) is 6.26 Å². The number of nitrogens with zero attached hydrogens (tertiary/aromatic N) is 3. The van der Waals surface area contributed by atoms with E-state index in [1.54, 1.807) is 29.7 Å². The molecule has 0 bridgehead atoms. The monoisotopic (exact) mass is 460 g/mol. The van der Waals surface area contributed by atoms with E-state index in [4.69, 9.17) is 4.18 Å². The van der Waals surface area contributed by atoms with Crippen LogP contribution < -0.4 is 4.18 Å². The first-order valence-corrected chi connectivity index (χ1v) is 11.8. The van der Waals surface area contributed by atoms with Crippen LogP contribution in [0.1, 0.15) is 19.7 Å². The third-order valence-electron chi connectivity index (χ3n) is 4.78. The number of fused-ring (bicyclic) bond motifs is 1. The molecule has 2 aromatic carbocycles. The zero-order valence-corrected chi connectivity index (χ0v) is 18.8. The fourth-order valence-electron chi connectivity index (χ4n) is 3.58. The van der Waals surface area contributed by atoms with Gasteiger partial charge in [-0.1, -0.05) is 19.9 Å². The molecule has 4 rings (SSSR count). The minimum absolute atomic E-state index is 0.0173. The highest BCUT2D eigenvalue weighted by atomic mass is 32.2. The third kappa shape index (κ3) is 4.36. The molecule has 0 aliphatic carbocycles. The molecule has 4 aromatic rings. The Hall–Kier alpha value is -3.27. The quantitative estimate of drug-likeness (QED) is 0.422. The van der Waals surface area contributed by atoms with Crippen LogP contribution in [0, 0.1) is 24.5 Å². The Morgan fingerprint density at radius 2 is 1.88 bits per heavy atom. The summed E-state index contributed by atoms with van der Waals surface area (Å²) in [6.45, 7) is 6.21. The van der Waals surface area contributed by atoms with Gasteiger partial charge < -0.3 is 9.17 Å². The number of aryl methyl sites for hydroxylation is 1. The summed E-state index contributed by atoms with van der Waals surface area (Å²) >= 11 is 0. The lowest BCUT2D eigenvalue weighted by Gasteiger charge is -2.11. The largest absolute Gasteiger partial charge is 0.345 e. The Morgan fingerprint density at radius 1 is 1.12 bits per heavy atom. The van der Waals surface area contributed by atoms with Crippen molar-refractivity contribution < 1.29 is 21.4 Å². The van der Waals surface area contributed by atoms with E-state index in [0.29, 0.717) is 40.4 Å². The highest BCUT2D eigenvalue weighted by Crippen LogP contribution is 2.34. The Bertz CT molecular complexity index is 1420. The lowest BCUT2D eigenvalue weighted by atomic mass is 10.0. The average Bonchev–Trinajstić information content (AvgIpc) is 3.20. The van der Waals surface area contributed by atoms with Gasteiger partial charge >= 0.3 is 16.1 Å². The molecular weight excluding hydrogens is 438 g/mol. The van der Waals surface area contributed by atoms with E-state index < -0.39 is 21.8 Å². The van der Waals surface area contributed by atoms with E-state index in [-0.39, 0.29) is 17.5 Å². The highest BCUT2D eigenvalue weighted by molar-refractivity contribution is 7.86. The molecular formula is C22H22F2N4O3S. The summed E-state index contributed by atoms with van der Waals surface area (Å²) in [5, 5.41) is 0. The van der Waals surface area contributed by atoms with Crippen LogP contribution in [0.2, 0.25) is 0 Å². The molecule has 1 N–H and O–H groups in total. The first kappa shape index (κ1) is 21.9. The molecule has 0 saturated carbocycles. The van der Waals surface area contributed by atoms with Crippen LogP contribution in [-0.4, -0.2) is 34.2 Å². The summed E-state index contributed by atoms with van der Waals surface area (Å²) in [5.74, 6) is -0.615. The van der Waals surface area contributed by atoms with E-state index >= 15 is 0 Å². The second-order valence-corrected chi connectivity index (χ2v) is 9.63. The molecule has 7 nitrogen and oxygen atoms in total. The van der Waals surface area contributed by atoms with Crippen LogP contribution in [0.15, 0.2) is 36.4 Å². The summed E-state index contributed by atoms with van der Waals surface area (Å²) in [7, 11) is -3.77. The molecule has 32 heavy (non-hydrogen) atoms. The predicted octanol–water partition coefficient (Wildman–Crippen LogP) is 4.67. The normalized spacial score (nSPS) is 12.1. The van der Waals surface area contributed by atoms with Gasteiger partial charge in [0.05, 0.1) is 28.7 Å². The van der Waals surface area contributed by atoms with Crippen molar-refractivity contribution in [1.29, 1.82) is 0 Å². The van der Waals surface area contributed by atoms with Crippen molar-refractivity contribution >= 4 is 21.2 Å². The molecule has 10 heteroatoms. The average molecular weight is 461 g/mol. The number of aromatic amines is 1. The summed E-state index contributed by atoms with van der Waals surface area (Å²) in [6, 6.07) is 8.65. The number of hydrogen-bond acceptors (Lipinski definition) is 5. The summed E-state index contributed by atoms with van der Waals surface area (Å²) in [4.78, 5) is 11.9. The minimum atomic E-state index is -3.77. The SMILES string of the molecule is Cc1nc(-c2ccc3nc(OS(C)(=O)=O)n(CC(C)C)c3c2)c(-c2ccc(F)cc2F)[nH]1. The predicted molar refractivity (Wildman–Crippen MR) is 118 cm³/mol. The Morgan fingerprint density at radius 3 is 2.53 bits per heavy atom. The molecule has 2 heterocycles. The standard InChI is InChI=1S/C22H22F2N4O3S/c1-12(2)11-28-19-9-14(5-8-18(19)27-22(28)31-32(4,29)30)20-21(26-13(3)25-20)16-7-6-15(23)10-17(16)24/h5-10,12H,11H2,1-4H3,(H,25,26). The molecule has 0 radical (unpaired) electrons. The molecule has 0 amide bonds. The fraction of sp³-hybridized carbons (Fsp3) is 0.273. The first-order chi connectivity index (χ1) is 15.0. The molecule has 0 saturated heterocycles. The zero-order valence-electron chi connectivity index (χ0n) is 18.0. The molecule has 168 valence electrons. The third-order valence-corrected chi connectivity index (χ3v) is 5.23. The number of nitrogens with one attached hydrogen (secondary N) is 1. The van der Waals surface area contributed by atoms with Gasteiger partial charge in [-0.15, -0.1) is 0 Å². The van der Waals surface area contributed by atoms with Crippen LogP contribution >= 0.6 is 0 Å². The van der Waals surface area contributed by atoms with E-state index in [0.717, 1.165) is 12.3 Å². The molecule has 0 fully saturated rings. The van der Waals surface area contributed by atoms with Gasteiger partial charge in [0.25, 0.3) is 0 Å². The molecule has 0 aliphatic rings. The van der Waals surface area contributed by atoms with Crippen LogP contribution in [0.4, 0.5) is 8.78 Å². The lowest BCUT2D eigenvalue weighted by Crippen LogP contribution is -2.12. The Kier molecular flexibility index (Phi) is 5.49. The van der Waals surface area contributed by atoms with Crippen molar-refractivity contribution in [3.63, 3.8) is 0 Å². The van der Waals surface area contributed by atoms with E-state index in [2.05, 4.69) is 15.0 Å². The summed E-state index contributed by atoms with van der Waals surface area (Å²) in [5.41, 5.74) is 2.96. The van der Waals surface area contributed by atoms with Gasteiger partial charge in [-0.25, -0.2) is 13.8 Å². The number of rotatable bonds is 6. The van der Waals surface area contributed by atoms with Crippen LogP contribution in [0.5, 0.6) is 6.01 Å². The maximum atomic E-state index is 14.5. The fourth-order valence-corrected chi connectivity index (χ4v) is 3.97. The number of halogens is 2. The summed E-state index contributed by atoms with van der Waals surface area (Å²) in [6.07, 6.45) is 0.966. The molecule has 2 aromatic heterocycles. The Labute approximate surface area is 184 Å². The van der Waals surface area contributed by atoms with E-state index in [1.807, 2.05) is 13.8 Å². The lowest BCUT2D eigenvalue weighted by molar-refractivity contribution is 0.428. The van der Waals surface area contributed by atoms with Crippen LogP contribution in [-0.2, 0) is 16.7 Å². The topological polar surface area (TPSA) is 89.9 Å². The molecule has 0 aliphatic heterocycles. The smallest absolute Gasteiger partial charge is 0.314 e. The molecule has 0 unspecified atom stereocenters. The maximum Gasteiger partial charge on any atom is 0.314 e. The van der Waals surface area contributed by atoms with Crippen molar-refractivity contribution in [2.45, 2.75) is 27.3 Å². The highest BCUT2D eigenvalue weighted by Gasteiger charge is 2.20. The number of hydrogen-bond donors (Lipinski definition) is 1. The molecule has 0 spiro atoms. The van der Waals surface area contributed by atoms with Gasteiger partial charge in [-0.3, -0.25) is 4.57 Å². The number of imidazole rings is 2. The Balaban J connectivity index is 1.90. The maximum absolute atomic E-state index is 14.5. The van der Waals surface area contributed by atoms with E-state index in [1.165, 1.54) is 12.1 Å². The van der Waals surface area contributed by atoms with Crippen molar-refractivity contribution in [2.24, 2.45) is 5.92 Å². The second-order valence-electron chi connectivity index (χ2n) is 8.06. The van der Waals surface area contributed by atoms with Crippen molar-refractivity contribution in [3.8, 4) is 28.5 Å². The number of H-pyrrole nitrogens is 1.